The molecule has 2 aromatic heterocycles. The zero-order valence-electron chi connectivity index (χ0n) is 14.7. The van der Waals surface area contributed by atoms with Crippen LogP contribution in [0.1, 0.15) is 12.6 Å². The van der Waals surface area contributed by atoms with Crippen molar-refractivity contribution in [1.29, 1.82) is 0 Å². The topological polar surface area (TPSA) is 74.6 Å². The largest absolute Gasteiger partial charge is 0.477 e. The number of rotatable bonds is 9. The molecule has 1 N–H and O–H groups in total. The first-order chi connectivity index (χ1) is 11.6. The summed E-state index contributed by atoms with van der Waals surface area (Å²) in [6, 6.07) is 3.48. The van der Waals surface area contributed by atoms with Gasteiger partial charge in [-0.1, -0.05) is 0 Å². The number of pyridine rings is 2. The predicted octanol–water partition coefficient (Wildman–Crippen LogP) is 1.81. The standard InChI is InChI=1S/C17H25N3O4/c1-5-24-17-16-13(10-12(2)19-17)20(7-9-23-4)15(11-14(16)21)18-6-8-22-3/h10-11,18H,5-9H2,1-4H3. The van der Waals surface area contributed by atoms with E-state index in [-0.39, 0.29) is 5.43 Å². The van der Waals surface area contributed by atoms with Gasteiger partial charge in [0.2, 0.25) is 5.88 Å². The molecule has 0 aliphatic carbocycles. The molecule has 0 aromatic carbocycles. The van der Waals surface area contributed by atoms with Crippen LogP contribution in [0, 0.1) is 6.92 Å². The smallest absolute Gasteiger partial charge is 0.227 e. The van der Waals surface area contributed by atoms with Crippen molar-refractivity contribution >= 4 is 16.7 Å². The molecule has 0 amide bonds. The quantitative estimate of drug-likeness (QED) is 0.705. The summed E-state index contributed by atoms with van der Waals surface area (Å²) in [7, 11) is 3.30. The molecule has 24 heavy (non-hydrogen) atoms. The predicted molar refractivity (Wildman–Crippen MR) is 94.2 cm³/mol. The second kappa shape index (κ2) is 8.65. The SMILES string of the molecule is CCOc1nc(C)cc2c1c(=O)cc(NCCOC)n2CCOC. The van der Waals surface area contributed by atoms with Crippen LogP contribution < -0.4 is 15.5 Å². The normalized spacial score (nSPS) is 11.0. The molecule has 0 aliphatic heterocycles. The van der Waals surface area contributed by atoms with Gasteiger partial charge in [0.15, 0.2) is 5.43 Å². The number of hydrogen-bond donors (Lipinski definition) is 1. The summed E-state index contributed by atoms with van der Waals surface area (Å²) in [6.45, 7) is 6.52. The van der Waals surface area contributed by atoms with Crippen molar-refractivity contribution in [2.45, 2.75) is 20.4 Å². The Balaban J connectivity index is 2.63. The van der Waals surface area contributed by atoms with Crippen molar-refractivity contribution in [3.05, 3.63) is 28.0 Å². The van der Waals surface area contributed by atoms with Crippen LogP contribution in [-0.4, -0.2) is 50.1 Å². The summed E-state index contributed by atoms with van der Waals surface area (Å²) >= 11 is 0. The van der Waals surface area contributed by atoms with Gasteiger partial charge in [0.05, 0.1) is 25.3 Å². The maximum atomic E-state index is 12.6. The number of aryl methyl sites for hydroxylation is 1. The molecule has 0 unspecified atom stereocenters. The third kappa shape index (κ3) is 4.04. The average Bonchev–Trinajstić information content (AvgIpc) is 2.54. The Hall–Kier alpha value is -2.12. The van der Waals surface area contributed by atoms with E-state index in [1.165, 1.54) is 0 Å². The molecule has 0 saturated carbocycles. The molecule has 0 radical (unpaired) electrons. The van der Waals surface area contributed by atoms with Crippen LogP contribution in [0.3, 0.4) is 0 Å². The lowest BCUT2D eigenvalue weighted by atomic mass is 10.2. The van der Waals surface area contributed by atoms with Gasteiger partial charge in [-0.3, -0.25) is 4.79 Å². The van der Waals surface area contributed by atoms with Gasteiger partial charge in [0.25, 0.3) is 0 Å². The first-order valence-electron chi connectivity index (χ1n) is 8.02. The molecule has 0 bridgehead atoms. The molecule has 2 rings (SSSR count). The molecule has 7 nitrogen and oxygen atoms in total. The highest BCUT2D eigenvalue weighted by molar-refractivity contribution is 5.86. The van der Waals surface area contributed by atoms with Gasteiger partial charge < -0.3 is 24.1 Å². The van der Waals surface area contributed by atoms with E-state index in [0.717, 1.165) is 17.0 Å². The van der Waals surface area contributed by atoms with Crippen molar-refractivity contribution in [2.24, 2.45) is 0 Å². The number of hydrogen-bond acceptors (Lipinski definition) is 6. The lowest BCUT2D eigenvalue weighted by molar-refractivity contribution is 0.188. The Labute approximate surface area is 141 Å². The average molecular weight is 335 g/mol. The second-order valence-electron chi connectivity index (χ2n) is 5.35. The Morgan fingerprint density at radius 1 is 1.21 bits per heavy atom. The van der Waals surface area contributed by atoms with E-state index in [1.54, 1.807) is 20.3 Å². The number of anilines is 1. The second-order valence-corrected chi connectivity index (χ2v) is 5.35. The molecule has 132 valence electrons. The number of ether oxygens (including phenoxy) is 3. The first kappa shape index (κ1) is 18.2. The lowest BCUT2D eigenvalue weighted by Crippen LogP contribution is -2.20. The van der Waals surface area contributed by atoms with Crippen molar-refractivity contribution < 1.29 is 14.2 Å². The maximum Gasteiger partial charge on any atom is 0.227 e. The van der Waals surface area contributed by atoms with Crippen LogP contribution in [0.25, 0.3) is 10.9 Å². The summed E-state index contributed by atoms with van der Waals surface area (Å²) in [6.07, 6.45) is 0. The van der Waals surface area contributed by atoms with E-state index in [9.17, 15) is 4.79 Å². The summed E-state index contributed by atoms with van der Waals surface area (Å²) in [5.41, 5.74) is 1.47. The number of nitrogens with zero attached hydrogens (tertiary/aromatic N) is 2. The van der Waals surface area contributed by atoms with Gasteiger partial charge in [0.1, 0.15) is 11.2 Å². The first-order valence-corrected chi connectivity index (χ1v) is 8.02. The van der Waals surface area contributed by atoms with E-state index in [1.807, 2.05) is 24.5 Å². The number of methoxy groups -OCH3 is 2. The van der Waals surface area contributed by atoms with Crippen LogP contribution in [0.4, 0.5) is 5.82 Å². The van der Waals surface area contributed by atoms with Crippen LogP contribution in [0.2, 0.25) is 0 Å². The molecule has 0 saturated heterocycles. The Kier molecular flexibility index (Phi) is 6.57. The summed E-state index contributed by atoms with van der Waals surface area (Å²) in [5.74, 6) is 1.11. The molecule has 0 atom stereocenters. The van der Waals surface area contributed by atoms with E-state index < -0.39 is 0 Å². The maximum absolute atomic E-state index is 12.6. The highest BCUT2D eigenvalue weighted by Crippen LogP contribution is 2.24. The molecule has 0 spiro atoms. The minimum absolute atomic E-state index is 0.116. The molecular formula is C17H25N3O4. The van der Waals surface area contributed by atoms with E-state index >= 15 is 0 Å². The van der Waals surface area contributed by atoms with E-state index in [2.05, 4.69) is 10.3 Å². The van der Waals surface area contributed by atoms with Gasteiger partial charge in [0, 0.05) is 39.1 Å². The minimum atomic E-state index is -0.116. The van der Waals surface area contributed by atoms with Gasteiger partial charge in [-0.25, -0.2) is 4.98 Å². The van der Waals surface area contributed by atoms with Gasteiger partial charge >= 0.3 is 0 Å². The van der Waals surface area contributed by atoms with E-state index in [4.69, 9.17) is 14.2 Å². The molecular weight excluding hydrogens is 310 g/mol. The summed E-state index contributed by atoms with van der Waals surface area (Å²) in [5, 5.41) is 3.74. The number of fused-ring (bicyclic) bond motifs is 1. The fraction of sp³-hybridized carbons (Fsp3) is 0.529. The number of nitrogens with one attached hydrogen (secondary N) is 1. The molecule has 2 heterocycles. The van der Waals surface area contributed by atoms with Crippen molar-refractivity contribution in [3.8, 4) is 5.88 Å². The van der Waals surface area contributed by atoms with E-state index in [0.29, 0.717) is 44.2 Å². The third-order valence-corrected chi connectivity index (χ3v) is 3.60. The van der Waals surface area contributed by atoms with Crippen LogP contribution in [0.15, 0.2) is 16.9 Å². The summed E-state index contributed by atoms with van der Waals surface area (Å²) in [4.78, 5) is 17.0. The minimum Gasteiger partial charge on any atom is -0.477 e. The van der Waals surface area contributed by atoms with Crippen molar-refractivity contribution in [2.75, 3.05) is 45.9 Å². The molecule has 2 aromatic rings. The third-order valence-electron chi connectivity index (χ3n) is 3.60. The van der Waals surface area contributed by atoms with Crippen molar-refractivity contribution in [3.63, 3.8) is 0 Å². The lowest BCUT2D eigenvalue weighted by Gasteiger charge is -2.19. The zero-order valence-corrected chi connectivity index (χ0v) is 14.7. The highest BCUT2D eigenvalue weighted by atomic mass is 16.5. The molecule has 7 heteroatoms. The molecule has 0 aliphatic rings. The van der Waals surface area contributed by atoms with Crippen LogP contribution in [0.5, 0.6) is 5.88 Å². The Morgan fingerprint density at radius 2 is 1.96 bits per heavy atom. The van der Waals surface area contributed by atoms with Crippen LogP contribution in [-0.2, 0) is 16.0 Å². The fourth-order valence-corrected chi connectivity index (χ4v) is 2.57. The van der Waals surface area contributed by atoms with Gasteiger partial charge in [-0.2, -0.15) is 0 Å². The molecule has 0 fully saturated rings. The zero-order chi connectivity index (χ0) is 17.5. The Bertz CT molecular complexity index is 743. The fourth-order valence-electron chi connectivity index (χ4n) is 2.57. The van der Waals surface area contributed by atoms with Crippen molar-refractivity contribution in [1.82, 2.24) is 9.55 Å². The number of aromatic nitrogens is 2. The van der Waals surface area contributed by atoms with Gasteiger partial charge in [-0.05, 0) is 19.9 Å². The Morgan fingerprint density at radius 3 is 2.62 bits per heavy atom. The highest BCUT2D eigenvalue weighted by Gasteiger charge is 2.15. The summed E-state index contributed by atoms with van der Waals surface area (Å²) < 4.78 is 17.9. The van der Waals surface area contributed by atoms with Crippen LogP contribution >= 0.6 is 0 Å². The van der Waals surface area contributed by atoms with Gasteiger partial charge in [-0.15, -0.1) is 0 Å². The monoisotopic (exact) mass is 335 g/mol.